The van der Waals surface area contributed by atoms with Gasteiger partial charge in [0.2, 0.25) is 0 Å². The molecule has 1 aromatic carbocycles. The lowest BCUT2D eigenvalue weighted by Gasteiger charge is -2.09. The number of nitro groups is 1. The Morgan fingerprint density at radius 2 is 2.10 bits per heavy atom. The maximum absolute atomic E-state index is 10.7. The molecule has 21 heavy (non-hydrogen) atoms. The van der Waals surface area contributed by atoms with Crippen molar-refractivity contribution in [2.45, 2.75) is 32.6 Å². The SMILES string of the molecule is CCc1nn(-c2ccc([N+](=O)[O-])cc2)c2c1CCCCN2. The fraction of sp³-hybridized carbons (Fsp3) is 0.400. The Morgan fingerprint density at radius 3 is 2.76 bits per heavy atom. The average molecular weight is 286 g/mol. The molecule has 0 atom stereocenters. The zero-order valence-corrected chi connectivity index (χ0v) is 12.0. The predicted octanol–water partition coefficient (Wildman–Crippen LogP) is 3.09. The summed E-state index contributed by atoms with van der Waals surface area (Å²) in [7, 11) is 0. The first-order valence-corrected chi connectivity index (χ1v) is 7.30. The number of aromatic nitrogens is 2. The first-order valence-electron chi connectivity index (χ1n) is 7.30. The standard InChI is InChI=1S/C15H18N4O2/c1-2-14-13-5-3-4-10-16-15(13)18(17-14)11-6-8-12(9-7-11)19(20)21/h6-9,16H,2-5,10H2,1H3. The Balaban J connectivity index is 2.05. The number of nitrogens with one attached hydrogen (secondary N) is 1. The Kier molecular flexibility index (Phi) is 3.60. The molecule has 0 amide bonds. The minimum Gasteiger partial charge on any atom is -0.370 e. The van der Waals surface area contributed by atoms with Crippen LogP contribution in [0.15, 0.2) is 24.3 Å². The summed E-state index contributed by atoms with van der Waals surface area (Å²) in [5.41, 5.74) is 3.35. The molecule has 0 bridgehead atoms. The number of anilines is 1. The molecule has 1 aliphatic rings. The third-order valence-electron chi connectivity index (χ3n) is 3.85. The molecule has 2 heterocycles. The Morgan fingerprint density at radius 1 is 1.33 bits per heavy atom. The molecule has 2 aromatic rings. The summed E-state index contributed by atoms with van der Waals surface area (Å²) in [4.78, 5) is 10.4. The van der Waals surface area contributed by atoms with Gasteiger partial charge in [-0.3, -0.25) is 10.1 Å². The molecule has 1 aromatic heterocycles. The number of nitrogens with zero attached hydrogens (tertiary/aromatic N) is 3. The number of aryl methyl sites for hydroxylation is 1. The zero-order chi connectivity index (χ0) is 14.8. The summed E-state index contributed by atoms with van der Waals surface area (Å²) >= 11 is 0. The predicted molar refractivity (Wildman–Crippen MR) is 81.0 cm³/mol. The molecule has 0 aliphatic carbocycles. The number of hydrogen-bond donors (Lipinski definition) is 1. The van der Waals surface area contributed by atoms with Crippen molar-refractivity contribution in [1.29, 1.82) is 0 Å². The van der Waals surface area contributed by atoms with Gasteiger partial charge in [0, 0.05) is 24.2 Å². The van der Waals surface area contributed by atoms with Crippen LogP contribution in [0.5, 0.6) is 0 Å². The van der Waals surface area contributed by atoms with Crippen LogP contribution in [0.25, 0.3) is 5.69 Å². The van der Waals surface area contributed by atoms with Gasteiger partial charge in [0.05, 0.1) is 16.3 Å². The lowest BCUT2D eigenvalue weighted by atomic mass is 10.1. The summed E-state index contributed by atoms with van der Waals surface area (Å²) in [6, 6.07) is 6.53. The molecule has 0 unspecified atom stereocenters. The second kappa shape index (κ2) is 5.55. The molecular weight excluding hydrogens is 268 g/mol. The first kappa shape index (κ1) is 13.6. The highest BCUT2D eigenvalue weighted by Crippen LogP contribution is 2.28. The summed E-state index contributed by atoms with van der Waals surface area (Å²) in [5, 5.41) is 18.9. The van der Waals surface area contributed by atoms with E-state index in [0.29, 0.717) is 0 Å². The van der Waals surface area contributed by atoms with E-state index in [-0.39, 0.29) is 10.6 Å². The Labute approximate surface area is 122 Å². The molecule has 6 heteroatoms. The van der Waals surface area contributed by atoms with E-state index in [4.69, 9.17) is 0 Å². The van der Waals surface area contributed by atoms with Crippen LogP contribution in [-0.2, 0) is 12.8 Å². The molecule has 0 spiro atoms. The Bertz CT molecular complexity index is 661. The van der Waals surface area contributed by atoms with Crippen LogP contribution in [0.2, 0.25) is 0 Å². The lowest BCUT2D eigenvalue weighted by molar-refractivity contribution is -0.384. The van der Waals surface area contributed by atoms with Crippen molar-refractivity contribution in [3.8, 4) is 5.69 Å². The molecule has 0 fully saturated rings. The molecule has 0 saturated carbocycles. The van der Waals surface area contributed by atoms with Crippen molar-refractivity contribution in [2.24, 2.45) is 0 Å². The molecule has 1 N–H and O–H groups in total. The second-order valence-corrected chi connectivity index (χ2v) is 5.20. The van der Waals surface area contributed by atoms with E-state index in [1.165, 1.54) is 24.1 Å². The van der Waals surface area contributed by atoms with Crippen molar-refractivity contribution in [2.75, 3.05) is 11.9 Å². The Hall–Kier alpha value is -2.37. The number of nitro benzene ring substituents is 1. The van der Waals surface area contributed by atoms with Gasteiger partial charge in [-0.1, -0.05) is 6.92 Å². The molecular formula is C15H18N4O2. The van der Waals surface area contributed by atoms with Crippen molar-refractivity contribution in [3.05, 3.63) is 45.6 Å². The van der Waals surface area contributed by atoms with E-state index in [2.05, 4.69) is 17.3 Å². The van der Waals surface area contributed by atoms with Gasteiger partial charge in [0.1, 0.15) is 5.82 Å². The number of fused-ring (bicyclic) bond motifs is 1. The van der Waals surface area contributed by atoms with Crippen molar-refractivity contribution < 1.29 is 4.92 Å². The van der Waals surface area contributed by atoms with Gasteiger partial charge >= 0.3 is 0 Å². The number of benzene rings is 1. The van der Waals surface area contributed by atoms with Crippen LogP contribution in [0.3, 0.4) is 0 Å². The maximum atomic E-state index is 10.7. The molecule has 0 radical (unpaired) electrons. The van der Waals surface area contributed by atoms with Gasteiger partial charge in [0.25, 0.3) is 5.69 Å². The molecule has 110 valence electrons. The van der Waals surface area contributed by atoms with Gasteiger partial charge in [-0.2, -0.15) is 5.10 Å². The van der Waals surface area contributed by atoms with Crippen LogP contribution >= 0.6 is 0 Å². The topological polar surface area (TPSA) is 73.0 Å². The summed E-state index contributed by atoms with van der Waals surface area (Å²) < 4.78 is 1.88. The quantitative estimate of drug-likeness (QED) is 0.695. The minimum absolute atomic E-state index is 0.0978. The highest BCUT2D eigenvalue weighted by atomic mass is 16.6. The van der Waals surface area contributed by atoms with Crippen LogP contribution in [0.1, 0.15) is 31.0 Å². The molecule has 1 aliphatic heterocycles. The monoisotopic (exact) mass is 286 g/mol. The summed E-state index contributed by atoms with van der Waals surface area (Å²) in [5.74, 6) is 1.04. The highest BCUT2D eigenvalue weighted by Gasteiger charge is 2.19. The normalized spacial score (nSPS) is 14.1. The lowest BCUT2D eigenvalue weighted by Crippen LogP contribution is -2.07. The minimum atomic E-state index is -0.386. The van der Waals surface area contributed by atoms with E-state index < -0.39 is 0 Å². The summed E-state index contributed by atoms with van der Waals surface area (Å²) in [6.45, 7) is 3.04. The van der Waals surface area contributed by atoms with E-state index in [1.54, 1.807) is 12.1 Å². The van der Waals surface area contributed by atoms with E-state index >= 15 is 0 Å². The van der Waals surface area contributed by atoms with Crippen LogP contribution in [0.4, 0.5) is 11.5 Å². The number of rotatable bonds is 3. The smallest absolute Gasteiger partial charge is 0.269 e. The summed E-state index contributed by atoms with van der Waals surface area (Å²) in [6.07, 6.45) is 4.25. The van der Waals surface area contributed by atoms with Gasteiger partial charge < -0.3 is 5.32 Å². The maximum Gasteiger partial charge on any atom is 0.269 e. The van der Waals surface area contributed by atoms with E-state index in [1.807, 2.05) is 4.68 Å². The van der Waals surface area contributed by atoms with E-state index in [0.717, 1.165) is 43.0 Å². The average Bonchev–Trinajstić information content (AvgIpc) is 2.68. The first-order chi connectivity index (χ1) is 10.2. The fourth-order valence-electron chi connectivity index (χ4n) is 2.76. The zero-order valence-electron chi connectivity index (χ0n) is 12.0. The third kappa shape index (κ3) is 2.49. The molecule has 0 saturated heterocycles. The van der Waals surface area contributed by atoms with E-state index in [9.17, 15) is 10.1 Å². The van der Waals surface area contributed by atoms with Gasteiger partial charge in [0.15, 0.2) is 0 Å². The van der Waals surface area contributed by atoms with Gasteiger partial charge in [-0.25, -0.2) is 4.68 Å². The van der Waals surface area contributed by atoms with Crippen molar-refractivity contribution in [1.82, 2.24) is 9.78 Å². The fourth-order valence-corrected chi connectivity index (χ4v) is 2.76. The highest BCUT2D eigenvalue weighted by molar-refractivity contribution is 5.55. The number of non-ortho nitro benzene ring substituents is 1. The van der Waals surface area contributed by atoms with Gasteiger partial charge in [-0.05, 0) is 37.8 Å². The third-order valence-corrected chi connectivity index (χ3v) is 3.85. The molecule has 6 nitrogen and oxygen atoms in total. The largest absolute Gasteiger partial charge is 0.370 e. The van der Waals surface area contributed by atoms with Crippen LogP contribution < -0.4 is 5.32 Å². The van der Waals surface area contributed by atoms with Crippen molar-refractivity contribution in [3.63, 3.8) is 0 Å². The van der Waals surface area contributed by atoms with Gasteiger partial charge in [-0.15, -0.1) is 0 Å². The second-order valence-electron chi connectivity index (χ2n) is 5.20. The van der Waals surface area contributed by atoms with Crippen LogP contribution in [0, 0.1) is 10.1 Å². The molecule has 3 rings (SSSR count). The van der Waals surface area contributed by atoms with Crippen LogP contribution in [-0.4, -0.2) is 21.2 Å². The number of hydrogen-bond acceptors (Lipinski definition) is 4. The van der Waals surface area contributed by atoms with Crippen molar-refractivity contribution >= 4 is 11.5 Å².